The SMILES string of the molecule is CSCc1nc(C(=O)Nc2nc(-c3ccc4ccccc4c3)cs2)cc(=O)[nH]1. The van der Waals surface area contributed by atoms with Crippen molar-refractivity contribution in [1.29, 1.82) is 0 Å². The van der Waals surface area contributed by atoms with Gasteiger partial charge in [0, 0.05) is 17.0 Å². The van der Waals surface area contributed by atoms with E-state index in [2.05, 4.69) is 44.5 Å². The number of thiazole rings is 1. The number of amides is 1. The number of aromatic nitrogens is 3. The summed E-state index contributed by atoms with van der Waals surface area (Å²) in [6.45, 7) is 0. The van der Waals surface area contributed by atoms with E-state index in [9.17, 15) is 9.59 Å². The number of hydrogen-bond acceptors (Lipinski definition) is 6. The summed E-state index contributed by atoms with van der Waals surface area (Å²) >= 11 is 2.85. The molecule has 0 aliphatic rings. The Balaban J connectivity index is 1.56. The van der Waals surface area contributed by atoms with Crippen molar-refractivity contribution in [3.05, 3.63) is 75.8 Å². The first kappa shape index (κ1) is 18.4. The molecule has 0 atom stereocenters. The molecule has 0 aliphatic carbocycles. The van der Waals surface area contributed by atoms with Gasteiger partial charge in [-0.2, -0.15) is 11.8 Å². The fraction of sp³-hybridized carbons (Fsp3) is 0.100. The predicted octanol–water partition coefficient (Wildman–Crippen LogP) is 4.16. The third-order valence-corrected chi connectivity index (χ3v) is 5.39. The first-order valence-corrected chi connectivity index (χ1v) is 10.7. The molecule has 2 N–H and O–H groups in total. The lowest BCUT2D eigenvalue weighted by atomic mass is 10.1. The zero-order valence-electron chi connectivity index (χ0n) is 14.9. The maximum absolute atomic E-state index is 12.5. The molecule has 0 spiro atoms. The van der Waals surface area contributed by atoms with Crippen LogP contribution < -0.4 is 10.9 Å². The van der Waals surface area contributed by atoms with Crippen molar-refractivity contribution in [2.45, 2.75) is 5.75 Å². The molecule has 0 radical (unpaired) electrons. The number of carbonyl (C=O) groups is 1. The molecule has 140 valence electrons. The molecule has 0 bridgehead atoms. The third-order valence-electron chi connectivity index (χ3n) is 4.07. The summed E-state index contributed by atoms with van der Waals surface area (Å²) in [4.78, 5) is 35.6. The molecule has 0 saturated carbocycles. The zero-order valence-corrected chi connectivity index (χ0v) is 16.6. The molecule has 2 heterocycles. The highest BCUT2D eigenvalue weighted by atomic mass is 32.2. The Hall–Kier alpha value is -2.97. The van der Waals surface area contributed by atoms with Gasteiger partial charge in [-0.05, 0) is 23.1 Å². The van der Waals surface area contributed by atoms with Crippen LogP contribution in [0, 0.1) is 0 Å². The van der Waals surface area contributed by atoms with E-state index >= 15 is 0 Å². The van der Waals surface area contributed by atoms with Gasteiger partial charge in [0.1, 0.15) is 11.5 Å². The van der Waals surface area contributed by atoms with Gasteiger partial charge in [-0.25, -0.2) is 9.97 Å². The van der Waals surface area contributed by atoms with Crippen LogP contribution in [-0.4, -0.2) is 27.1 Å². The number of benzene rings is 2. The molecular formula is C20H16N4O2S2. The summed E-state index contributed by atoms with van der Waals surface area (Å²) < 4.78 is 0. The van der Waals surface area contributed by atoms with Crippen LogP contribution in [0.5, 0.6) is 0 Å². The van der Waals surface area contributed by atoms with Gasteiger partial charge in [0.25, 0.3) is 11.5 Å². The fourth-order valence-electron chi connectivity index (χ4n) is 2.80. The largest absolute Gasteiger partial charge is 0.310 e. The van der Waals surface area contributed by atoms with E-state index in [4.69, 9.17) is 0 Å². The van der Waals surface area contributed by atoms with Crippen molar-refractivity contribution in [2.75, 3.05) is 11.6 Å². The van der Waals surface area contributed by atoms with Gasteiger partial charge >= 0.3 is 0 Å². The fourth-order valence-corrected chi connectivity index (χ4v) is 3.93. The summed E-state index contributed by atoms with van der Waals surface area (Å²) in [6, 6.07) is 15.4. The minimum Gasteiger partial charge on any atom is -0.310 e. The number of hydrogen-bond donors (Lipinski definition) is 2. The van der Waals surface area contributed by atoms with E-state index in [1.165, 1.54) is 29.2 Å². The number of anilines is 1. The summed E-state index contributed by atoms with van der Waals surface area (Å²) in [5.41, 5.74) is 1.50. The molecule has 0 unspecified atom stereocenters. The van der Waals surface area contributed by atoms with Gasteiger partial charge in [-0.15, -0.1) is 11.3 Å². The quantitative estimate of drug-likeness (QED) is 0.518. The average Bonchev–Trinajstić information content (AvgIpc) is 3.16. The molecular weight excluding hydrogens is 392 g/mol. The van der Waals surface area contributed by atoms with Gasteiger partial charge < -0.3 is 4.98 Å². The molecule has 0 aliphatic heterocycles. The maximum atomic E-state index is 12.5. The molecule has 0 fully saturated rings. The second kappa shape index (κ2) is 7.95. The van der Waals surface area contributed by atoms with Crippen molar-refractivity contribution < 1.29 is 4.79 Å². The van der Waals surface area contributed by atoms with Crippen molar-refractivity contribution >= 4 is 44.9 Å². The van der Waals surface area contributed by atoms with Crippen molar-refractivity contribution in [3.8, 4) is 11.3 Å². The van der Waals surface area contributed by atoms with Gasteiger partial charge in [-0.3, -0.25) is 14.9 Å². The van der Waals surface area contributed by atoms with E-state index in [1.807, 2.05) is 29.8 Å². The number of nitrogens with one attached hydrogen (secondary N) is 2. The van der Waals surface area contributed by atoms with Crippen molar-refractivity contribution in [1.82, 2.24) is 15.0 Å². The van der Waals surface area contributed by atoms with Crippen LogP contribution in [-0.2, 0) is 5.75 Å². The number of thioether (sulfide) groups is 1. The summed E-state index contributed by atoms with van der Waals surface area (Å²) in [7, 11) is 0. The molecule has 8 heteroatoms. The maximum Gasteiger partial charge on any atom is 0.276 e. The van der Waals surface area contributed by atoms with Gasteiger partial charge in [0.05, 0.1) is 11.4 Å². The van der Waals surface area contributed by atoms with E-state index in [1.54, 1.807) is 0 Å². The first-order chi connectivity index (χ1) is 13.6. The van der Waals surface area contributed by atoms with Gasteiger partial charge in [0.2, 0.25) is 0 Å². The summed E-state index contributed by atoms with van der Waals surface area (Å²) in [5.74, 6) is 0.550. The highest BCUT2D eigenvalue weighted by Gasteiger charge is 2.13. The molecule has 4 aromatic rings. The van der Waals surface area contributed by atoms with E-state index in [0.717, 1.165) is 22.0 Å². The molecule has 2 aromatic carbocycles. The van der Waals surface area contributed by atoms with Crippen LogP contribution in [0.3, 0.4) is 0 Å². The number of nitrogens with zero attached hydrogens (tertiary/aromatic N) is 2. The first-order valence-electron chi connectivity index (χ1n) is 8.47. The van der Waals surface area contributed by atoms with Crippen LogP contribution in [0.4, 0.5) is 5.13 Å². The number of H-pyrrole nitrogens is 1. The lowest BCUT2D eigenvalue weighted by Crippen LogP contribution is -2.20. The highest BCUT2D eigenvalue weighted by molar-refractivity contribution is 7.97. The average molecular weight is 409 g/mol. The van der Waals surface area contributed by atoms with Crippen LogP contribution in [0.15, 0.2) is 58.7 Å². The van der Waals surface area contributed by atoms with Crippen LogP contribution >= 0.6 is 23.1 Å². The second-order valence-corrected chi connectivity index (χ2v) is 7.79. The van der Waals surface area contributed by atoms with Crippen molar-refractivity contribution in [3.63, 3.8) is 0 Å². The van der Waals surface area contributed by atoms with Crippen LogP contribution in [0.25, 0.3) is 22.0 Å². The molecule has 28 heavy (non-hydrogen) atoms. The van der Waals surface area contributed by atoms with E-state index in [0.29, 0.717) is 16.7 Å². The minimum atomic E-state index is -0.451. The van der Waals surface area contributed by atoms with Gasteiger partial charge in [0.15, 0.2) is 5.13 Å². The number of aromatic amines is 1. The Morgan fingerprint density at radius 2 is 1.96 bits per heavy atom. The number of rotatable bonds is 5. The Morgan fingerprint density at radius 1 is 1.14 bits per heavy atom. The highest BCUT2D eigenvalue weighted by Crippen LogP contribution is 2.27. The second-order valence-electron chi connectivity index (χ2n) is 6.06. The molecule has 1 amide bonds. The van der Waals surface area contributed by atoms with Crippen LogP contribution in [0.2, 0.25) is 0 Å². The number of carbonyl (C=O) groups excluding carboxylic acids is 1. The van der Waals surface area contributed by atoms with Crippen LogP contribution in [0.1, 0.15) is 16.3 Å². The van der Waals surface area contributed by atoms with Gasteiger partial charge in [-0.1, -0.05) is 36.4 Å². The Labute approximate surface area is 169 Å². The minimum absolute atomic E-state index is 0.0789. The van der Waals surface area contributed by atoms with E-state index in [-0.39, 0.29) is 11.3 Å². The Morgan fingerprint density at radius 3 is 2.79 bits per heavy atom. The Kier molecular flexibility index (Phi) is 5.23. The number of fused-ring (bicyclic) bond motifs is 1. The summed E-state index contributed by atoms with van der Waals surface area (Å²) in [6.07, 6.45) is 1.90. The normalized spacial score (nSPS) is 10.9. The van der Waals surface area contributed by atoms with E-state index < -0.39 is 5.91 Å². The Bertz CT molecular complexity index is 1220. The zero-order chi connectivity index (χ0) is 19.5. The standard InChI is InChI=1S/C20H16N4O2S2/c1-27-11-17-21-15(9-18(25)23-17)19(26)24-20-22-16(10-28-20)14-7-6-12-4-2-3-5-13(12)8-14/h2-10H,11H2,1H3,(H,21,23,25)(H,22,24,26). The smallest absolute Gasteiger partial charge is 0.276 e. The predicted molar refractivity (Wildman–Crippen MR) is 115 cm³/mol. The van der Waals surface area contributed by atoms with Crippen molar-refractivity contribution in [2.24, 2.45) is 0 Å². The third kappa shape index (κ3) is 3.97. The molecule has 2 aromatic heterocycles. The summed E-state index contributed by atoms with van der Waals surface area (Å²) in [5, 5.41) is 7.38. The monoisotopic (exact) mass is 408 g/mol. The molecule has 4 rings (SSSR count). The lowest BCUT2D eigenvalue weighted by Gasteiger charge is -2.03. The topological polar surface area (TPSA) is 87.7 Å². The molecule has 0 saturated heterocycles. The molecule has 6 nitrogen and oxygen atoms in total. The lowest BCUT2D eigenvalue weighted by molar-refractivity contribution is 0.102.